The molecule has 1 atom stereocenters. The summed E-state index contributed by atoms with van der Waals surface area (Å²) in [6.07, 6.45) is 34.1. The molecule has 9 rings (SSSR count). The second-order valence-electron chi connectivity index (χ2n) is 15.2. The fraction of sp³-hybridized carbons (Fsp3) is 0.0333. The lowest BCUT2D eigenvalue weighted by atomic mass is 9.87. The summed E-state index contributed by atoms with van der Waals surface area (Å²) in [7, 11) is 0. The van der Waals surface area contributed by atoms with Crippen LogP contribution >= 0.6 is 0 Å². The van der Waals surface area contributed by atoms with Gasteiger partial charge in [0.1, 0.15) is 11.2 Å². The highest BCUT2D eigenvalue weighted by Gasteiger charge is 2.14. The molecule has 8 aromatic rings. The summed E-state index contributed by atoms with van der Waals surface area (Å²) < 4.78 is 6.43. The van der Waals surface area contributed by atoms with Gasteiger partial charge in [-0.15, -0.1) is 0 Å². The van der Waals surface area contributed by atoms with Crippen molar-refractivity contribution < 1.29 is 4.42 Å². The van der Waals surface area contributed by atoms with E-state index in [0.29, 0.717) is 0 Å². The largest absolute Gasteiger partial charge is 0.456 e. The van der Waals surface area contributed by atoms with Crippen molar-refractivity contribution in [3.8, 4) is 33.4 Å². The summed E-state index contributed by atoms with van der Waals surface area (Å²) in [5.74, 6) is -0.00129. The smallest absolute Gasteiger partial charge is 0.136 e. The van der Waals surface area contributed by atoms with Crippen molar-refractivity contribution in [3.05, 3.63) is 272 Å². The molecule has 1 aliphatic rings. The van der Waals surface area contributed by atoms with Gasteiger partial charge in [0.2, 0.25) is 0 Å². The molecule has 61 heavy (non-hydrogen) atoms. The minimum absolute atomic E-state index is 0.00129. The molecule has 1 heteroatoms. The molecule has 0 amide bonds. The van der Waals surface area contributed by atoms with Gasteiger partial charge in [-0.2, -0.15) is 0 Å². The zero-order valence-electron chi connectivity index (χ0n) is 34.2. The van der Waals surface area contributed by atoms with Crippen molar-refractivity contribution in [2.75, 3.05) is 0 Å². The van der Waals surface area contributed by atoms with Crippen molar-refractivity contribution in [3.63, 3.8) is 0 Å². The summed E-state index contributed by atoms with van der Waals surface area (Å²) in [6, 6.07) is 56.7. The molecule has 0 fully saturated rings. The van der Waals surface area contributed by atoms with Crippen LogP contribution in [0.2, 0.25) is 0 Å². The average molecular weight is 783 g/mol. The first-order chi connectivity index (χ1) is 30.2. The molecule has 1 aliphatic carbocycles. The minimum Gasteiger partial charge on any atom is -0.456 e. The third-order valence-corrected chi connectivity index (χ3v) is 11.2. The van der Waals surface area contributed by atoms with E-state index in [-0.39, 0.29) is 5.92 Å². The Hall–Kier alpha value is -7.74. The first-order valence-corrected chi connectivity index (χ1v) is 21.0. The molecule has 0 aliphatic heterocycles. The maximum Gasteiger partial charge on any atom is 0.136 e. The van der Waals surface area contributed by atoms with Gasteiger partial charge in [0.25, 0.3) is 0 Å². The molecular formula is C60H46O. The van der Waals surface area contributed by atoms with Crippen LogP contribution in [0.4, 0.5) is 0 Å². The Labute approximate surface area is 359 Å². The predicted molar refractivity (Wildman–Crippen MR) is 262 cm³/mol. The topological polar surface area (TPSA) is 13.1 Å². The van der Waals surface area contributed by atoms with E-state index in [1.165, 1.54) is 55.3 Å². The van der Waals surface area contributed by atoms with Gasteiger partial charge in [0, 0.05) is 16.7 Å². The van der Waals surface area contributed by atoms with Crippen LogP contribution in [0.5, 0.6) is 0 Å². The van der Waals surface area contributed by atoms with Crippen LogP contribution < -0.4 is 0 Å². The predicted octanol–water partition coefficient (Wildman–Crippen LogP) is 16.8. The number of fused-ring (bicyclic) bond motifs is 4. The quantitative estimate of drug-likeness (QED) is 0.133. The second-order valence-corrected chi connectivity index (χ2v) is 15.2. The zero-order valence-corrected chi connectivity index (χ0v) is 34.2. The number of allylic oxidation sites excluding steroid dienone is 18. The number of furan rings is 1. The van der Waals surface area contributed by atoms with E-state index in [2.05, 4.69) is 244 Å². The maximum atomic E-state index is 6.43. The van der Waals surface area contributed by atoms with E-state index < -0.39 is 0 Å². The Balaban J connectivity index is 1.05. The monoisotopic (exact) mass is 782 g/mol. The lowest BCUT2D eigenvalue weighted by molar-refractivity contribution is 0.669. The minimum atomic E-state index is -0.00129. The number of rotatable bonds is 9. The van der Waals surface area contributed by atoms with Crippen LogP contribution in [0, 0.1) is 0 Å². The first-order valence-electron chi connectivity index (χ1n) is 21.0. The number of hydrogen-bond donors (Lipinski definition) is 0. The van der Waals surface area contributed by atoms with Crippen molar-refractivity contribution in [2.45, 2.75) is 12.8 Å². The van der Waals surface area contributed by atoms with Gasteiger partial charge >= 0.3 is 0 Å². The molecular weight excluding hydrogens is 737 g/mol. The standard InChI is InChI=1S/C60H46O/c1-2-21-44(45-22-13-10-14-23-45)28-20-35-56(46-24-11-8-6-4-3-5-7-9-12-25-46)55-34-19-33-51(40-55)49-31-17-29-47(38-49)48-30-18-32-50(39-48)54-36-37-57-58-41-52-26-15-16-27-53(52)42-60(58)61-59(57)43-54/h2-43,56H,1H3/b4-3-,5-3?,6-4?,7-5-,8-6+,9-7?,11-8?,12-9+,21-2-,24-11-,25-12?,35-20+,44-28+,46-24?,46-25+. The Morgan fingerprint density at radius 1 is 0.475 bits per heavy atom. The third kappa shape index (κ3) is 8.98. The van der Waals surface area contributed by atoms with Crippen LogP contribution in [0.1, 0.15) is 24.0 Å². The van der Waals surface area contributed by atoms with Gasteiger partial charge in [0.05, 0.1) is 0 Å². The summed E-state index contributed by atoms with van der Waals surface area (Å²) in [6.45, 7) is 2.06. The Morgan fingerprint density at radius 2 is 1.05 bits per heavy atom. The molecule has 0 N–H and O–H groups in total. The molecule has 1 unspecified atom stereocenters. The molecule has 0 spiro atoms. The summed E-state index contributed by atoms with van der Waals surface area (Å²) >= 11 is 0. The van der Waals surface area contributed by atoms with E-state index in [1.54, 1.807) is 0 Å². The maximum absolute atomic E-state index is 6.43. The Kier molecular flexibility index (Phi) is 11.7. The highest BCUT2D eigenvalue weighted by molar-refractivity contribution is 6.10. The van der Waals surface area contributed by atoms with Crippen LogP contribution in [0.15, 0.2) is 265 Å². The fourth-order valence-corrected chi connectivity index (χ4v) is 8.10. The Bertz CT molecular complexity index is 3130. The summed E-state index contributed by atoms with van der Waals surface area (Å²) in [4.78, 5) is 0. The molecule has 0 saturated heterocycles. The lowest BCUT2D eigenvalue weighted by Gasteiger charge is -2.17. The number of benzene rings is 7. The molecule has 0 radical (unpaired) electrons. The Morgan fingerprint density at radius 3 is 1.74 bits per heavy atom. The zero-order chi connectivity index (χ0) is 41.2. The average Bonchev–Trinajstić information content (AvgIpc) is 3.66. The third-order valence-electron chi connectivity index (χ3n) is 11.2. The van der Waals surface area contributed by atoms with Crippen LogP contribution in [0.25, 0.3) is 71.7 Å². The van der Waals surface area contributed by atoms with Crippen molar-refractivity contribution >= 4 is 38.3 Å². The van der Waals surface area contributed by atoms with Crippen molar-refractivity contribution in [1.29, 1.82) is 0 Å². The summed E-state index contributed by atoms with van der Waals surface area (Å²) in [5, 5.41) is 4.69. The van der Waals surface area contributed by atoms with Gasteiger partial charge in [-0.25, -0.2) is 0 Å². The highest BCUT2D eigenvalue weighted by Crippen LogP contribution is 2.37. The van der Waals surface area contributed by atoms with Crippen molar-refractivity contribution in [1.82, 2.24) is 0 Å². The number of hydrogen-bond acceptors (Lipinski definition) is 1. The second kappa shape index (κ2) is 18.5. The van der Waals surface area contributed by atoms with Crippen LogP contribution in [-0.2, 0) is 0 Å². The lowest BCUT2D eigenvalue weighted by Crippen LogP contribution is -1.99. The van der Waals surface area contributed by atoms with E-state index in [4.69, 9.17) is 4.42 Å². The van der Waals surface area contributed by atoms with Gasteiger partial charge in [0.15, 0.2) is 0 Å². The molecule has 1 heterocycles. The van der Waals surface area contributed by atoms with Crippen molar-refractivity contribution in [2.24, 2.45) is 0 Å². The molecule has 0 bridgehead atoms. The molecule has 1 aromatic heterocycles. The molecule has 1 nitrogen and oxygen atoms in total. The first kappa shape index (κ1) is 38.8. The molecule has 292 valence electrons. The van der Waals surface area contributed by atoms with E-state index >= 15 is 0 Å². The SMILES string of the molecule is C\C=C/C(=C\C=C\C(C1=C/C=C/C=C\C=C/C=C/C=C\1)c1cccc(-c2cccc(-c3cccc(-c4ccc5c(c4)oc4cc6ccccc6cc45)c3)c2)c1)c1ccccc1. The normalized spacial score (nSPS) is 17.5. The summed E-state index contributed by atoms with van der Waals surface area (Å²) in [5.41, 5.74) is 13.5. The van der Waals surface area contributed by atoms with Gasteiger partial charge in [-0.1, -0.05) is 219 Å². The van der Waals surface area contributed by atoms with Crippen LogP contribution in [0.3, 0.4) is 0 Å². The van der Waals surface area contributed by atoms with Gasteiger partial charge < -0.3 is 4.42 Å². The highest BCUT2D eigenvalue weighted by atomic mass is 16.3. The van der Waals surface area contributed by atoms with Crippen LogP contribution in [-0.4, -0.2) is 0 Å². The van der Waals surface area contributed by atoms with E-state index in [0.717, 1.165) is 33.1 Å². The molecule has 0 saturated carbocycles. The fourth-order valence-electron chi connectivity index (χ4n) is 8.10. The van der Waals surface area contributed by atoms with E-state index in [9.17, 15) is 0 Å². The van der Waals surface area contributed by atoms with Gasteiger partial charge in [-0.3, -0.25) is 0 Å². The van der Waals surface area contributed by atoms with Gasteiger partial charge in [-0.05, 0) is 110 Å². The van der Waals surface area contributed by atoms with E-state index in [1.807, 2.05) is 18.2 Å². The molecule has 7 aromatic carbocycles.